The van der Waals surface area contributed by atoms with E-state index < -0.39 is 0 Å². The Morgan fingerprint density at radius 1 is 1.00 bits per heavy atom. The highest BCUT2D eigenvalue weighted by molar-refractivity contribution is 6.03. The van der Waals surface area contributed by atoms with Crippen LogP contribution >= 0.6 is 0 Å². The number of rotatable bonds is 2. The molecule has 1 heterocycles. The molecule has 1 amide bonds. The Labute approximate surface area is 111 Å². The van der Waals surface area contributed by atoms with Gasteiger partial charge in [-0.25, -0.2) is 0 Å². The second kappa shape index (κ2) is 4.65. The second-order valence-electron chi connectivity index (χ2n) is 4.60. The third-order valence-corrected chi connectivity index (χ3v) is 3.21. The minimum atomic E-state index is -0.292. The van der Waals surface area contributed by atoms with Crippen molar-refractivity contribution in [2.45, 2.75) is 12.5 Å². The average Bonchev–Trinajstić information content (AvgIpc) is 2.42. The molecule has 0 saturated heterocycles. The van der Waals surface area contributed by atoms with E-state index in [1.807, 2.05) is 36.4 Å². The van der Waals surface area contributed by atoms with Crippen LogP contribution in [0.1, 0.15) is 5.56 Å². The molecule has 2 aromatic carbocycles. The predicted molar refractivity (Wildman–Crippen MR) is 74.3 cm³/mol. The van der Waals surface area contributed by atoms with Crippen molar-refractivity contribution >= 4 is 17.3 Å². The summed E-state index contributed by atoms with van der Waals surface area (Å²) in [5, 5.41) is 15.4. The number of anilines is 2. The van der Waals surface area contributed by atoms with Gasteiger partial charge in [-0.15, -0.1) is 0 Å². The van der Waals surface area contributed by atoms with Crippen molar-refractivity contribution in [1.82, 2.24) is 0 Å². The number of carbonyl (C=O) groups is 1. The minimum absolute atomic E-state index is 0.0354. The number of amides is 1. The lowest BCUT2D eigenvalue weighted by molar-refractivity contribution is -0.117. The zero-order chi connectivity index (χ0) is 13.2. The molecule has 0 aliphatic carbocycles. The number of carbonyl (C=O) groups excluding carboxylic acids is 1. The maximum Gasteiger partial charge on any atom is 0.247 e. The third kappa shape index (κ3) is 2.38. The summed E-state index contributed by atoms with van der Waals surface area (Å²) < 4.78 is 0. The summed E-state index contributed by atoms with van der Waals surface area (Å²) in [5.41, 5.74) is 2.75. The van der Waals surface area contributed by atoms with Crippen LogP contribution in [0.2, 0.25) is 0 Å². The highest BCUT2D eigenvalue weighted by Crippen LogP contribution is 2.27. The fourth-order valence-electron chi connectivity index (χ4n) is 2.20. The molecule has 0 spiro atoms. The monoisotopic (exact) mass is 254 g/mol. The van der Waals surface area contributed by atoms with Crippen LogP contribution in [-0.2, 0) is 11.2 Å². The van der Waals surface area contributed by atoms with Crippen molar-refractivity contribution in [2.75, 3.05) is 10.6 Å². The molecule has 0 saturated carbocycles. The zero-order valence-corrected chi connectivity index (χ0v) is 10.3. The number of phenols is 1. The lowest BCUT2D eigenvalue weighted by Crippen LogP contribution is -2.40. The van der Waals surface area contributed by atoms with Gasteiger partial charge in [-0.05, 0) is 29.8 Å². The van der Waals surface area contributed by atoms with Crippen LogP contribution in [0.25, 0.3) is 0 Å². The Bertz CT molecular complexity index is 608. The van der Waals surface area contributed by atoms with E-state index in [1.54, 1.807) is 12.1 Å². The maximum atomic E-state index is 12.0. The summed E-state index contributed by atoms with van der Waals surface area (Å²) in [7, 11) is 0. The van der Waals surface area contributed by atoms with Gasteiger partial charge in [0.25, 0.3) is 0 Å². The Morgan fingerprint density at radius 2 is 1.68 bits per heavy atom. The molecule has 96 valence electrons. The van der Waals surface area contributed by atoms with Gasteiger partial charge >= 0.3 is 0 Å². The Morgan fingerprint density at radius 3 is 2.42 bits per heavy atom. The van der Waals surface area contributed by atoms with Crippen LogP contribution in [0.4, 0.5) is 11.4 Å². The molecule has 1 aliphatic heterocycles. The summed E-state index contributed by atoms with van der Waals surface area (Å²) >= 11 is 0. The third-order valence-electron chi connectivity index (χ3n) is 3.21. The Kier molecular flexibility index (Phi) is 2.83. The van der Waals surface area contributed by atoms with Gasteiger partial charge < -0.3 is 15.7 Å². The molecular weight excluding hydrogens is 240 g/mol. The van der Waals surface area contributed by atoms with E-state index in [9.17, 15) is 9.90 Å². The standard InChI is InChI=1S/C15H14N2O2/c18-11-7-5-10(6-8-11)9-14-15(19)17-13-4-2-1-3-12(13)16-14/h1-8,14,16,18H,9H2,(H,17,19)/t14-/m1/s1. The summed E-state index contributed by atoms with van der Waals surface area (Å²) in [6.45, 7) is 0. The number of hydrogen-bond acceptors (Lipinski definition) is 3. The molecule has 1 atom stereocenters. The summed E-state index contributed by atoms with van der Waals surface area (Å²) in [6.07, 6.45) is 0.584. The largest absolute Gasteiger partial charge is 0.508 e. The van der Waals surface area contributed by atoms with Crippen molar-refractivity contribution in [1.29, 1.82) is 0 Å². The van der Waals surface area contributed by atoms with Crippen molar-refractivity contribution in [3.63, 3.8) is 0 Å². The van der Waals surface area contributed by atoms with E-state index in [2.05, 4.69) is 10.6 Å². The number of aromatic hydroxyl groups is 1. The van der Waals surface area contributed by atoms with Gasteiger partial charge in [-0.2, -0.15) is 0 Å². The normalized spacial score (nSPS) is 17.3. The molecule has 0 fully saturated rings. The lowest BCUT2D eigenvalue weighted by Gasteiger charge is -2.26. The molecule has 0 unspecified atom stereocenters. The van der Waals surface area contributed by atoms with E-state index in [1.165, 1.54) is 0 Å². The van der Waals surface area contributed by atoms with Gasteiger partial charge in [0, 0.05) is 6.42 Å². The average molecular weight is 254 g/mol. The Hall–Kier alpha value is -2.49. The van der Waals surface area contributed by atoms with E-state index >= 15 is 0 Å². The summed E-state index contributed by atoms with van der Waals surface area (Å²) in [5.74, 6) is 0.196. The smallest absolute Gasteiger partial charge is 0.247 e. The van der Waals surface area contributed by atoms with Crippen molar-refractivity contribution in [3.05, 3.63) is 54.1 Å². The van der Waals surface area contributed by atoms with Crippen molar-refractivity contribution in [2.24, 2.45) is 0 Å². The van der Waals surface area contributed by atoms with E-state index in [0.717, 1.165) is 16.9 Å². The zero-order valence-electron chi connectivity index (χ0n) is 10.3. The molecule has 2 aromatic rings. The quantitative estimate of drug-likeness (QED) is 0.771. The van der Waals surface area contributed by atoms with Crippen LogP contribution < -0.4 is 10.6 Å². The molecular formula is C15H14N2O2. The number of fused-ring (bicyclic) bond motifs is 1. The summed E-state index contributed by atoms with van der Waals surface area (Å²) in [4.78, 5) is 12.0. The second-order valence-corrected chi connectivity index (χ2v) is 4.60. The molecule has 3 rings (SSSR count). The van der Waals surface area contributed by atoms with Crippen LogP contribution in [0, 0.1) is 0 Å². The number of para-hydroxylation sites is 2. The molecule has 0 bridgehead atoms. The van der Waals surface area contributed by atoms with E-state index in [0.29, 0.717) is 6.42 Å². The molecule has 3 N–H and O–H groups in total. The van der Waals surface area contributed by atoms with Crippen LogP contribution in [0.15, 0.2) is 48.5 Å². The fourth-order valence-corrected chi connectivity index (χ4v) is 2.20. The lowest BCUT2D eigenvalue weighted by atomic mass is 10.0. The van der Waals surface area contributed by atoms with Crippen LogP contribution in [0.5, 0.6) is 5.75 Å². The summed E-state index contributed by atoms with van der Waals surface area (Å²) in [6, 6.07) is 14.3. The highest BCUT2D eigenvalue weighted by Gasteiger charge is 2.24. The van der Waals surface area contributed by atoms with Crippen molar-refractivity contribution < 1.29 is 9.90 Å². The van der Waals surface area contributed by atoms with Crippen LogP contribution in [-0.4, -0.2) is 17.1 Å². The van der Waals surface area contributed by atoms with Gasteiger partial charge in [-0.1, -0.05) is 24.3 Å². The first-order chi connectivity index (χ1) is 9.22. The van der Waals surface area contributed by atoms with E-state index in [4.69, 9.17) is 0 Å². The highest BCUT2D eigenvalue weighted by atomic mass is 16.3. The van der Waals surface area contributed by atoms with Gasteiger partial charge in [0.05, 0.1) is 11.4 Å². The SMILES string of the molecule is O=C1Nc2ccccc2N[C@@H]1Cc1ccc(O)cc1. The first kappa shape index (κ1) is 11.6. The minimum Gasteiger partial charge on any atom is -0.508 e. The van der Waals surface area contributed by atoms with Gasteiger partial charge in [0.15, 0.2) is 0 Å². The molecule has 0 aromatic heterocycles. The Balaban J connectivity index is 1.79. The van der Waals surface area contributed by atoms with Crippen LogP contribution in [0.3, 0.4) is 0 Å². The maximum absolute atomic E-state index is 12.0. The van der Waals surface area contributed by atoms with E-state index in [-0.39, 0.29) is 17.7 Å². The molecule has 4 heteroatoms. The number of phenolic OH excluding ortho intramolecular Hbond substituents is 1. The molecule has 0 radical (unpaired) electrons. The number of hydrogen-bond donors (Lipinski definition) is 3. The van der Waals surface area contributed by atoms with Gasteiger partial charge in [-0.3, -0.25) is 4.79 Å². The fraction of sp³-hybridized carbons (Fsp3) is 0.133. The topological polar surface area (TPSA) is 61.4 Å². The van der Waals surface area contributed by atoms with Crippen molar-refractivity contribution in [3.8, 4) is 5.75 Å². The predicted octanol–water partition coefficient (Wildman–Crippen LogP) is 2.37. The molecule has 4 nitrogen and oxygen atoms in total. The van der Waals surface area contributed by atoms with Gasteiger partial charge in [0.1, 0.15) is 11.8 Å². The van der Waals surface area contributed by atoms with Gasteiger partial charge in [0.2, 0.25) is 5.91 Å². The first-order valence-electron chi connectivity index (χ1n) is 6.17. The molecule has 1 aliphatic rings. The first-order valence-corrected chi connectivity index (χ1v) is 6.17. The molecule has 19 heavy (non-hydrogen) atoms. The number of nitrogens with one attached hydrogen (secondary N) is 2. The number of benzene rings is 2.